The highest BCUT2D eigenvalue weighted by Crippen LogP contribution is 2.35. The fourth-order valence-corrected chi connectivity index (χ4v) is 2.74. The second kappa shape index (κ2) is 5.48. The van der Waals surface area contributed by atoms with Crippen molar-refractivity contribution in [1.82, 2.24) is 0 Å². The maximum absolute atomic E-state index is 11.5. The van der Waals surface area contributed by atoms with Crippen molar-refractivity contribution in [2.45, 2.75) is 51.9 Å². The molecule has 1 aliphatic rings. The molecular weight excluding hydrogens is 208 g/mol. The van der Waals surface area contributed by atoms with Gasteiger partial charge in [-0.05, 0) is 30.2 Å². The summed E-state index contributed by atoms with van der Waals surface area (Å²) in [6.45, 7) is 4.26. The first-order valence-corrected chi connectivity index (χ1v) is 6.84. The van der Waals surface area contributed by atoms with E-state index in [2.05, 4.69) is 19.1 Å². The summed E-state index contributed by atoms with van der Waals surface area (Å²) in [5, 5.41) is 0. The van der Waals surface area contributed by atoms with E-state index in [0.717, 1.165) is 17.4 Å². The monoisotopic (exact) mass is 230 g/mol. The van der Waals surface area contributed by atoms with E-state index in [1.807, 2.05) is 19.1 Å². The third-order valence-corrected chi connectivity index (χ3v) is 4.04. The molecule has 0 heterocycles. The minimum atomic E-state index is 0.244. The highest BCUT2D eigenvalue weighted by atomic mass is 16.1. The van der Waals surface area contributed by atoms with Crippen LogP contribution in [0.1, 0.15) is 67.8 Å². The van der Waals surface area contributed by atoms with Gasteiger partial charge in [0.05, 0.1) is 0 Å². The molecule has 1 aromatic carbocycles. The standard InChI is InChI=1S/C16H22O/c1-3-16(17)15-10-8-14(9-11-15)13-6-4-12(2)5-7-13/h8-13H,3-7H2,1-2H3. The number of rotatable bonds is 3. The van der Waals surface area contributed by atoms with Crippen LogP contribution in [0.5, 0.6) is 0 Å². The van der Waals surface area contributed by atoms with Gasteiger partial charge < -0.3 is 0 Å². The van der Waals surface area contributed by atoms with Gasteiger partial charge in [-0.25, -0.2) is 0 Å². The molecule has 0 radical (unpaired) electrons. The van der Waals surface area contributed by atoms with Crippen LogP contribution in [0.4, 0.5) is 0 Å². The number of hydrogen-bond acceptors (Lipinski definition) is 1. The van der Waals surface area contributed by atoms with E-state index in [1.165, 1.54) is 31.2 Å². The van der Waals surface area contributed by atoms with E-state index >= 15 is 0 Å². The van der Waals surface area contributed by atoms with Crippen LogP contribution in [-0.2, 0) is 0 Å². The highest BCUT2D eigenvalue weighted by Gasteiger charge is 2.19. The molecule has 2 rings (SSSR count). The average molecular weight is 230 g/mol. The van der Waals surface area contributed by atoms with Crippen LogP contribution in [0.3, 0.4) is 0 Å². The van der Waals surface area contributed by atoms with Crippen molar-refractivity contribution in [2.24, 2.45) is 5.92 Å². The van der Waals surface area contributed by atoms with Crippen molar-refractivity contribution in [3.8, 4) is 0 Å². The van der Waals surface area contributed by atoms with Crippen molar-refractivity contribution in [3.63, 3.8) is 0 Å². The Morgan fingerprint density at radius 2 is 1.71 bits per heavy atom. The Bertz CT molecular complexity index is 369. The SMILES string of the molecule is CCC(=O)c1ccc(C2CCC(C)CC2)cc1. The minimum Gasteiger partial charge on any atom is -0.294 e. The lowest BCUT2D eigenvalue weighted by Gasteiger charge is -2.26. The summed E-state index contributed by atoms with van der Waals surface area (Å²) >= 11 is 0. The van der Waals surface area contributed by atoms with E-state index in [9.17, 15) is 4.79 Å². The molecule has 0 atom stereocenters. The summed E-state index contributed by atoms with van der Waals surface area (Å²) in [5.41, 5.74) is 2.28. The molecule has 1 nitrogen and oxygen atoms in total. The highest BCUT2D eigenvalue weighted by molar-refractivity contribution is 5.95. The molecular formula is C16H22O. The summed E-state index contributed by atoms with van der Waals surface area (Å²) in [7, 11) is 0. The predicted octanol–water partition coefficient (Wildman–Crippen LogP) is 4.57. The normalized spacial score (nSPS) is 24.6. The summed E-state index contributed by atoms with van der Waals surface area (Å²) < 4.78 is 0. The van der Waals surface area contributed by atoms with Gasteiger partial charge in [-0.1, -0.05) is 51.0 Å². The van der Waals surface area contributed by atoms with Gasteiger partial charge in [0, 0.05) is 12.0 Å². The van der Waals surface area contributed by atoms with E-state index in [-0.39, 0.29) is 5.78 Å². The van der Waals surface area contributed by atoms with E-state index in [4.69, 9.17) is 0 Å². The Balaban J connectivity index is 2.05. The zero-order valence-corrected chi connectivity index (χ0v) is 10.9. The van der Waals surface area contributed by atoms with Crippen LogP contribution < -0.4 is 0 Å². The second-order valence-corrected chi connectivity index (χ2v) is 5.36. The van der Waals surface area contributed by atoms with Crippen LogP contribution in [0.15, 0.2) is 24.3 Å². The van der Waals surface area contributed by atoms with Gasteiger partial charge in [0.2, 0.25) is 0 Å². The summed E-state index contributed by atoms with van der Waals surface area (Å²) in [4.78, 5) is 11.5. The van der Waals surface area contributed by atoms with Gasteiger partial charge in [0.15, 0.2) is 5.78 Å². The first-order valence-electron chi connectivity index (χ1n) is 6.84. The Hall–Kier alpha value is -1.11. The van der Waals surface area contributed by atoms with Gasteiger partial charge in [-0.2, -0.15) is 0 Å². The number of carbonyl (C=O) groups excluding carboxylic acids is 1. The van der Waals surface area contributed by atoms with Gasteiger partial charge >= 0.3 is 0 Å². The first kappa shape index (κ1) is 12.3. The minimum absolute atomic E-state index is 0.244. The maximum Gasteiger partial charge on any atom is 0.162 e. The molecule has 1 heteroatoms. The Morgan fingerprint density at radius 1 is 1.12 bits per heavy atom. The third-order valence-electron chi connectivity index (χ3n) is 4.04. The van der Waals surface area contributed by atoms with Gasteiger partial charge in [0.25, 0.3) is 0 Å². The lowest BCUT2D eigenvalue weighted by Crippen LogP contribution is -2.10. The lowest BCUT2D eigenvalue weighted by atomic mass is 9.79. The van der Waals surface area contributed by atoms with Gasteiger partial charge in [-0.3, -0.25) is 4.79 Å². The number of hydrogen-bond donors (Lipinski definition) is 0. The Labute approximate surface area is 104 Å². The zero-order valence-electron chi connectivity index (χ0n) is 10.9. The fraction of sp³-hybridized carbons (Fsp3) is 0.562. The van der Waals surface area contributed by atoms with Crippen molar-refractivity contribution >= 4 is 5.78 Å². The maximum atomic E-state index is 11.5. The second-order valence-electron chi connectivity index (χ2n) is 5.36. The number of Topliss-reactive ketones (excluding diaryl/α,β-unsaturated/α-hetero) is 1. The molecule has 0 bridgehead atoms. The van der Waals surface area contributed by atoms with Crippen molar-refractivity contribution < 1.29 is 4.79 Å². The summed E-state index contributed by atoms with van der Waals surface area (Å²) in [5.74, 6) is 1.86. The smallest absolute Gasteiger partial charge is 0.162 e. The molecule has 0 aliphatic heterocycles. The number of benzene rings is 1. The van der Waals surface area contributed by atoms with Gasteiger partial charge in [0.1, 0.15) is 0 Å². The largest absolute Gasteiger partial charge is 0.294 e. The zero-order chi connectivity index (χ0) is 12.3. The topological polar surface area (TPSA) is 17.1 Å². The Kier molecular flexibility index (Phi) is 3.98. The summed E-state index contributed by atoms with van der Waals surface area (Å²) in [6, 6.07) is 8.31. The molecule has 0 spiro atoms. The quantitative estimate of drug-likeness (QED) is 0.695. The molecule has 17 heavy (non-hydrogen) atoms. The molecule has 1 aliphatic carbocycles. The molecule has 1 aromatic rings. The van der Waals surface area contributed by atoms with Crippen LogP contribution in [0.2, 0.25) is 0 Å². The van der Waals surface area contributed by atoms with Crippen molar-refractivity contribution in [2.75, 3.05) is 0 Å². The van der Waals surface area contributed by atoms with Gasteiger partial charge in [-0.15, -0.1) is 0 Å². The first-order chi connectivity index (χ1) is 8.20. The van der Waals surface area contributed by atoms with Crippen LogP contribution in [0.25, 0.3) is 0 Å². The molecule has 1 saturated carbocycles. The lowest BCUT2D eigenvalue weighted by molar-refractivity contribution is 0.0988. The predicted molar refractivity (Wildman–Crippen MR) is 71.4 cm³/mol. The Morgan fingerprint density at radius 3 is 2.24 bits per heavy atom. The molecule has 0 N–H and O–H groups in total. The van der Waals surface area contributed by atoms with Crippen LogP contribution in [-0.4, -0.2) is 5.78 Å². The summed E-state index contributed by atoms with van der Waals surface area (Å²) in [6.07, 6.45) is 5.91. The molecule has 0 amide bonds. The van der Waals surface area contributed by atoms with Crippen LogP contribution >= 0.6 is 0 Å². The fourth-order valence-electron chi connectivity index (χ4n) is 2.74. The molecule has 0 aromatic heterocycles. The van der Waals surface area contributed by atoms with E-state index in [0.29, 0.717) is 6.42 Å². The van der Waals surface area contributed by atoms with E-state index < -0.39 is 0 Å². The van der Waals surface area contributed by atoms with Crippen molar-refractivity contribution in [3.05, 3.63) is 35.4 Å². The number of ketones is 1. The number of carbonyl (C=O) groups is 1. The van der Waals surface area contributed by atoms with Crippen molar-refractivity contribution in [1.29, 1.82) is 0 Å². The molecule has 1 fully saturated rings. The molecule has 92 valence electrons. The van der Waals surface area contributed by atoms with Crippen LogP contribution in [0, 0.1) is 5.92 Å². The average Bonchev–Trinajstić information content (AvgIpc) is 2.39. The molecule has 0 saturated heterocycles. The third kappa shape index (κ3) is 2.96. The molecule has 0 unspecified atom stereocenters. The van der Waals surface area contributed by atoms with E-state index in [1.54, 1.807) is 0 Å².